The lowest BCUT2D eigenvalue weighted by Gasteiger charge is -2.13. The average Bonchev–Trinajstić information content (AvgIpc) is 3.75. The van der Waals surface area contributed by atoms with Crippen molar-refractivity contribution in [2.75, 3.05) is 0 Å². The molecule has 0 aliphatic carbocycles. The average molecular weight is 662 g/mol. The molecule has 0 fully saturated rings. The van der Waals surface area contributed by atoms with Gasteiger partial charge in [-0.15, -0.1) is 0 Å². The number of hydrogen-bond acceptors (Lipinski definition) is 3. The second-order valence-electron chi connectivity index (χ2n) is 13.6. The van der Waals surface area contributed by atoms with Gasteiger partial charge in [-0.3, -0.25) is 0 Å². The van der Waals surface area contributed by atoms with Gasteiger partial charge in [-0.25, -0.2) is 15.0 Å². The van der Waals surface area contributed by atoms with Crippen molar-refractivity contribution in [1.82, 2.24) is 23.8 Å². The first-order valence-electron chi connectivity index (χ1n) is 17.6. The molecule has 7 aromatic carbocycles. The van der Waals surface area contributed by atoms with Crippen LogP contribution in [-0.4, -0.2) is 23.8 Å². The molecular formula is C47H27N5. The van der Waals surface area contributed by atoms with Crippen molar-refractivity contribution in [3.8, 4) is 33.9 Å². The number of pyridine rings is 1. The summed E-state index contributed by atoms with van der Waals surface area (Å²) in [4.78, 5) is 15.6. The quantitative estimate of drug-likeness (QED) is 0.177. The van der Waals surface area contributed by atoms with Crippen molar-refractivity contribution in [2.24, 2.45) is 0 Å². The Morgan fingerprint density at radius 2 is 0.904 bits per heavy atom. The minimum absolute atomic E-state index is 0.707. The van der Waals surface area contributed by atoms with Crippen LogP contribution in [0.4, 0.5) is 0 Å². The van der Waals surface area contributed by atoms with Crippen LogP contribution < -0.4 is 0 Å². The fraction of sp³-hybridized carbons (Fsp3) is 0. The monoisotopic (exact) mass is 661 g/mol. The third kappa shape index (κ3) is 3.64. The predicted octanol–water partition coefficient (Wildman–Crippen LogP) is 11.7. The van der Waals surface area contributed by atoms with Crippen LogP contribution in [-0.2, 0) is 0 Å². The molecule has 5 heteroatoms. The highest BCUT2D eigenvalue weighted by Crippen LogP contribution is 2.46. The van der Waals surface area contributed by atoms with Crippen molar-refractivity contribution >= 4 is 76.5 Å². The van der Waals surface area contributed by atoms with Crippen LogP contribution in [0.5, 0.6) is 0 Å². The molecular weight excluding hydrogens is 635 g/mol. The normalized spacial score (nSPS) is 12.2. The number of hydrogen-bond donors (Lipinski definition) is 0. The van der Waals surface area contributed by atoms with E-state index in [0.717, 1.165) is 49.9 Å². The van der Waals surface area contributed by atoms with Gasteiger partial charge in [0.2, 0.25) is 0 Å². The van der Waals surface area contributed by atoms with Gasteiger partial charge in [0.15, 0.2) is 5.82 Å². The Morgan fingerprint density at radius 3 is 1.62 bits per heavy atom. The molecule has 0 radical (unpaired) electrons. The van der Waals surface area contributed by atoms with Crippen LogP contribution >= 0.6 is 0 Å². The summed E-state index contributed by atoms with van der Waals surface area (Å²) in [7, 11) is 0. The molecule has 0 atom stereocenters. The summed E-state index contributed by atoms with van der Waals surface area (Å²) < 4.78 is 4.92. The highest BCUT2D eigenvalue weighted by atomic mass is 15.0. The minimum Gasteiger partial charge on any atom is -0.305 e. The summed E-state index contributed by atoms with van der Waals surface area (Å²) >= 11 is 0. The van der Waals surface area contributed by atoms with Crippen LogP contribution in [0.15, 0.2) is 164 Å². The summed E-state index contributed by atoms with van der Waals surface area (Å²) in [6, 6.07) is 57.9. The van der Waals surface area contributed by atoms with Gasteiger partial charge in [-0.2, -0.15) is 0 Å². The zero-order chi connectivity index (χ0) is 33.9. The molecule has 5 aromatic heterocycles. The molecule has 0 saturated carbocycles. The van der Waals surface area contributed by atoms with Crippen LogP contribution in [0.25, 0.3) is 110 Å². The van der Waals surface area contributed by atoms with E-state index in [9.17, 15) is 0 Å². The number of benzene rings is 7. The van der Waals surface area contributed by atoms with Gasteiger partial charge in [-0.1, -0.05) is 121 Å². The summed E-state index contributed by atoms with van der Waals surface area (Å²) in [5.74, 6) is 0.707. The molecule has 0 aliphatic heterocycles. The van der Waals surface area contributed by atoms with Gasteiger partial charge in [-0.05, 0) is 42.5 Å². The van der Waals surface area contributed by atoms with Gasteiger partial charge in [0.1, 0.15) is 0 Å². The van der Waals surface area contributed by atoms with Crippen molar-refractivity contribution in [1.29, 1.82) is 0 Å². The zero-order valence-electron chi connectivity index (χ0n) is 27.8. The molecule has 0 N–H and O–H groups in total. The summed E-state index contributed by atoms with van der Waals surface area (Å²) in [5.41, 5.74) is 14.1. The van der Waals surface area contributed by atoms with Crippen molar-refractivity contribution < 1.29 is 0 Å². The third-order valence-corrected chi connectivity index (χ3v) is 10.8. The Bertz CT molecular complexity index is 3390. The van der Waals surface area contributed by atoms with Gasteiger partial charge < -0.3 is 8.80 Å². The Balaban J connectivity index is 1.10. The second kappa shape index (κ2) is 10.2. The first-order valence-corrected chi connectivity index (χ1v) is 17.6. The maximum atomic E-state index is 5.53. The van der Waals surface area contributed by atoms with E-state index in [4.69, 9.17) is 15.0 Å². The Morgan fingerprint density at radius 1 is 0.346 bits per heavy atom. The number of nitrogens with zero attached hydrogens (tertiary/aromatic N) is 5. The van der Waals surface area contributed by atoms with E-state index in [1.54, 1.807) is 0 Å². The molecule has 12 rings (SSSR count). The van der Waals surface area contributed by atoms with Gasteiger partial charge >= 0.3 is 0 Å². The first kappa shape index (κ1) is 27.7. The number of rotatable bonds is 3. The van der Waals surface area contributed by atoms with Crippen molar-refractivity contribution in [3.05, 3.63) is 164 Å². The Hall–Kier alpha value is -7.11. The maximum absolute atomic E-state index is 5.53. The lowest BCUT2D eigenvalue weighted by Crippen LogP contribution is -1.97. The number of para-hydroxylation sites is 5. The topological polar surface area (TPSA) is 47.5 Å². The van der Waals surface area contributed by atoms with E-state index in [1.807, 2.05) is 18.2 Å². The molecule has 52 heavy (non-hydrogen) atoms. The van der Waals surface area contributed by atoms with Crippen LogP contribution in [0.2, 0.25) is 0 Å². The molecule has 0 unspecified atom stereocenters. The summed E-state index contributed by atoms with van der Waals surface area (Å²) in [6.07, 6.45) is 0. The molecule has 5 nitrogen and oxygen atoms in total. The smallest absolute Gasteiger partial charge is 0.160 e. The number of aromatic nitrogens is 5. The molecule has 0 spiro atoms. The van der Waals surface area contributed by atoms with E-state index in [0.29, 0.717) is 5.82 Å². The van der Waals surface area contributed by atoms with Crippen LogP contribution in [0.3, 0.4) is 0 Å². The molecule has 0 aliphatic rings. The fourth-order valence-corrected chi connectivity index (χ4v) is 8.61. The summed E-state index contributed by atoms with van der Waals surface area (Å²) in [5, 5.41) is 7.09. The highest BCUT2D eigenvalue weighted by Gasteiger charge is 2.25. The molecule has 12 aromatic rings. The molecule has 0 amide bonds. The lowest BCUT2D eigenvalue weighted by atomic mass is 10.0. The standard InChI is InChI=1S/C47H27N5/c1-2-12-29(13-3-1)43-31-14-4-7-17-36(31)49-47(50-43)30-24-22-28(23-25-30)35-27-26-34-41-32-15-5-8-18-37(32)51-39-20-10-11-21-40(39)52-38-19-9-6-16-33(38)42(44(34)48-35)46(52)45(41)51/h1-27H. The minimum atomic E-state index is 0.707. The number of fused-ring (bicyclic) bond motifs is 13. The van der Waals surface area contributed by atoms with Crippen molar-refractivity contribution in [3.63, 3.8) is 0 Å². The zero-order valence-corrected chi connectivity index (χ0v) is 27.8. The molecule has 0 saturated heterocycles. The van der Waals surface area contributed by atoms with Gasteiger partial charge in [0.05, 0.1) is 55.5 Å². The van der Waals surface area contributed by atoms with E-state index < -0.39 is 0 Å². The largest absolute Gasteiger partial charge is 0.305 e. The van der Waals surface area contributed by atoms with E-state index in [1.165, 1.54) is 54.6 Å². The predicted molar refractivity (Wildman–Crippen MR) is 214 cm³/mol. The third-order valence-electron chi connectivity index (χ3n) is 10.8. The van der Waals surface area contributed by atoms with Gasteiger partial charge in [0, 0.05) is 49.0 Å². The van der Waals surface area contributed by atoms with Crippen molar-refractivity contribution in [2.45, 2.75) is 0 Å². The van der Waals surface area contributed by atoms with E-state index in [-0.39, 0.29) is 0 Å². The highest BCUT2D eigenvalue weighted by molar-refractivity contribution is 6.36. The molecule has 0 bridgehead atoms. The van der Waals surface area contributed by atoms with Crippen LogP contribution in [0, 0.1) is 0 Å². The van der Waals surface area contributed by atoms with E-state index in [2.05, 4.69) is 154 Å². The Labute approximate surface area is 297 Å². The fourth-order valence-electron chi connectivity index (χ4n) is 8.61. The first-order chi connectivity index (χ1) is 25.8. The molecule has 5 heterocycles. The SMILES string of the molecule is c1ccc(-c2nc(-c3ccc(-c4ccc5c(n4)c4c6ccccc6n6c7ccccc7n7c8ccccc8c5c7c46)cc3)nc3ccccc23)cc1. The Kier molecular flexibility index (Phi) is 5.44. The summed E-state index contributed by atoms with van der Waals surface area (Å²) in [6.45, 7) is 0. The van der Waals surface area contributed by atoms with Crippen LogP contribution in [0.1, 0.15) is 0 Å². The molecule has 240 valence electrons. The maximum Gasteiger partial charge on any atom is 0.160 e. The van der Waals surface area contributed by atoms with Gasteiger partial charge in [0.25, 0.3) is 0 Å². The van der Waals surface area contributed by atoms with E-state index >= 15 is 0 Å². The lowest BCUT2D eigenvalue weighted by molar-refractivity contribution is 1.23. The second-order valence-corrected chi connectivity index (χ2v) is 13.6.